The van der Waals surface area contributed by atoms with Crippen LogP contribution in [0.5, 0.6) is 0 Å². The minimum absolute atomic E-state index is 0.0207. The molecule has 0 amide bonds. The Hall–Kier alpha value is -1.04. The van der Waals surface area contributed by atoms with Gasteiger partial charge < -0.3 is 23.1 Å². The molecule has 0 bridgehead atoms. The van der Waals surface area contributed by atoms with Crippen LogP contribution in [0.15, 0.2) is 30.3 Å². The highest BCUT2D eigenvalue weighted by Crippen LogP contribution is 2.43. The van der Waals surface area contributed by atoms with Gasteiger partial charge >= 0.3 is 5.97 Å². The summed E-state index contributed by atoms with van der Waals surface area (Å²) >= 11 is 0. The maximum Gasteiger partial charge on any atom is 0.306 e. The Balaban J connectivity index is 2.42. The quantitative estimate of drug-likeness (QED) is 0.237. The number of hydrogen-bond donors (Lipinski definition) is 0. The summed E-state index contributed by atoms with van der Waals surface area (Å²) in [6.07, 6.45) is -2.36. The molecule has 212 valence electrons. The van der Waals surface area contributed by atoms with E-state index in [1.165, 1.54) is 0 Å². The number of hydrogen-bond acceptors (Lipinski definition) is 6. The van der Waals surface area contributed by atoms with Crippen LogP contribution in [-0.4, -0.2) is 60.4 Å². The lowest BCUT2D eigenvalue weighted by Crippen LogP contribution is -2.65. The fraction of sp³-hybridized carbons (Fsp3) is 0.759. The van der Waals surface area contributed by atoms with Crippen LogP contribution >= 0.6 is 0 Å². The van der Waals surface area contributed by atoms with E-state index in [4.69, 9.17) is 23.1 Å². The van der Waals surface area contributed by atoms with Gasteiger partial charge in [0.25, 0.3) is 0 Å². The molecule has 0 aliphatic carbocycles. The van der Waals surface area contributed by atoms with E-state index in [0.717, 1.165) is 5.56 Å². The fourth-order valence-corrected chi connectivity index (χ4v) is 6.55. The van der Waals surface area contributed by atoms with Crippen LogP contribution in [-0.2, 0) is 27.9 Å². The Labute approximate surface area is 228 Å². The highest BCUT2D eigenvalue weighted by atomic mass is 28.4. The van der Waals surface area contributed by atoms with Crippen molar-refractivity contribution in [1.29, 1.82) is 0 Å². The van der Waals surface area contributed by atoms with E-state index in [0.29, 0.717) is 0 Å². The van der Waals surface area contributed by atoms with Gasteiger partial charge in [-0.15, -0.1) is 0 Å². The molecule has 1 aromatic carbocycles. The van der Waals surface area contributed by atoms with E-state index in [1.54, 1.807) is 7.11 Å². The molecule has 1 aromatic rings. The minimum atomic E-state index is -2.27. The zero-order valence-corrected chi connectivity index (χ0v) is 27.5. The monoisotopic (exact) mass is 552 g/mol. The molecule has 1 saturated heterocycles. The first kappa shape index (κ1) is 32.2. The Morgan fingerprint density at radius 2 is 1.38 bits per heavy atom. The lowest BCUT2D eigenvalue weighted by atomic mass is 9.97. The van der Waals surface area contributed by atoms with Crippen LogP contribution in [0.1, 0.15) is 73.3 Å². The Kier molecular flexibility index (Phi) is 10.4. The van der Waals surface area contributed by atoms with Crippen molar-refractivity contribution >= 4 is 22.6 Å². The number of carbonyl (C=O) groups is 1. The first-order chi connectivity index (χ1) is 16.8. The third kappa shape index (κ3) is 7.99. The number of esters is 1. The van der Waals surface area contributed by atoms with Crippen molar-refractivity contribution in [3.8, 4) is 0 Å². The van der Waals surface area contributed by atoms with Crippen LogP contribution in [0, 0.1) is 0 Å². The predicted octanol–water partition coefficient (Wildman–Crippen LogP) is 7.26. The van der Waals surface area contributed by atoms with Crippen molar-refractivity contribution in [1.82, 2.24) is 0 Å². The Morgan fingerprint density at radius 1 is 0.892 bits per heavy atom. The molecule has 1 aliphatic heterocycles. The number of benzene rings is 1. The zero-order chi connectivity index (χ0) is 28.4. The number of ether oxygens (including phenoxy) is 3. The van der Waals surface area contributed by atoms with E-state index in [9.17, 15) is 4.79 Å². The average Bonchev–Trinajstić information content (AvgIpc) is 2.76. The SMILES string of the molecule is COC1OC(C)C(OC(=O)C[C@H](C)c2ccccc2)C(O[Si](C)(C)C(C)(C)C)C1O[Si](C)(C)C(C)(C)C. The summed E-state index contributed by atoms with van der Waals surface area (Å²) in [6, 6.07) is 10.0. The molecule has 6 atom stereocenters. The van der Waals surface area contributed by atoms with Gasteiger partial charge in [0.2, 0.25) is 0 Å². The van der Waals surface area contributed by atoms with Crippen LogP contribution in [0.4, 0.5) is 0 Å². The molecule has 1 fully saturated rings. The van der Waals surface area contributed by atoms with Gasteiger partial charge in [0.1, 0.15) is 12.2 Å². The average molecular weight is 553 g/mol. The van der Waals surface area contributed by atoms with Crippen molar-refractivity contribution in [3.63, 3.8) is 0 Å². The second-order valence-corrected chi connectivity index (χ2v) is 23.1. The van der Waals surface area contributed by atoms with Gasteiger partial charge in [-0.05, 0) is 54.7 Å². The fourth-order valence-electron chi connectivity index (χ4n) is 3.97. The summed E-state index contributed by atoms with van der Waals surface area (Å²) in [4.78, 5) is 13.3. The highest BCUT2D eigenvalue weighted by molar-refractivity contribution is 6.74. The molecule has 0 saturated carbocycles. The molecule has 0 N–H and O–H groups in total. The van der Waals surface area contributed by atoms with Crippen molar-refractivity contribution in [2.45, 2.75) is 135 Å². The summed E-state index contributed by atoms with van der Waals surface area (Å²) in [6.45, 7) is 26.1. The van der Waals surface area contributed by atoms with E-state index in [-0.39, 0.29) is 28.4 Å². The molecule has 2 rings (SSSR count). The van der Waals surface area contributed by atoms with Gasteiger partial charge in [0, 0.05) is 7.11 Å². The first-order valence-electron chi connectivity index (χ1n) is 13.6. The van der Waals surface area contributed by atoms with Gasteiger partial charge in [-0.2, -0.15) is 0 Å². The Morgan fingerprint density at radius 3 is 1.84 bits per heavy atom. The van der Waals surface area contributed by atoms with E-state index in [2.05, 4.69) is 67.7 Å². The molecule has 1 heterocycles. The van der Waals surface area contributed by atoms with Gasteiger partial charge in [-0.3, -0.25) is 4.79 Å². The second kappa shape index (κ2) is 12.0. The number of rotatable bonds is 9. The predicted molar refractivity (Wildman–Crippen MR) is 155 cm³/mol. The van der Waals surface area contributed by atoms with Crippen molar-refractivity contribution in [2.24, 2.45) is 0 Å². The zero-order valence-electron chi connectivity index (χ0n) is 25.5. The molecule has 0 radical (unpaired) electrons. The van der Waals surface area contributed by atoms with Gasteiger partial charge in [-0.25, -0.2) is 0 Å². The summed E-state index contributed by atoms with van der Waals surface area (Å²) < 4.78 is 32.2. The third-order valence-electron chi connectivity index (χ3n) is 8.54. The third-order valence-corrected chi connectivity index (χ3v) is 17.5. The summed E-state index contributed by atoms with van der Waals surface area (Å²) in [5.41, 5.74) is 1.11. The van der Waals surface area contributed by atoms with Crippen molar-refractivity contribution < 1.29 is 27.9 Å². The van der Waals surface area contributed by atoms with Crippen molar-refractivity contribution in [2.75, 3.05) is 7.11 Å². The summed E-state index contributed by atoms with van der Waals surface area (Å²) in [7, 11) is -2.88. The largest absolute Gasteiger partial charge is 0.457 e. The Bertz CT molecular complexity index is 875. The van der Waals surface area contributed by atoms with Crippen LogP contribution in [0.3, 0.4) is 0 Å². The maximum atomic E-state index is 13.3. The maximum absolute atomic E-state index is 13.3. The minimum Gasteiger partial charge on any atom is -0.457 e. The van der Waals surface area contributed by atoms with Gasteiger partial charge in [-0.1, -0.05) is 78.8 Å². The van der Waals surface area contributed by atoms with E-state index < -0.39 is 47.3 Å². The molecular formula is C29H52O6Si2. The van der Waals surface area contributed by atoms with E-state index in [1.807, 2.05) is 44.2 Å². The molecule has 0 spiro atoms. The topological polar surface area (TPSA) is 63.2 Å². The van der Waals surface area contributed by atoms with Crippen molar-refractivity contribution in [3.05, 3.63) is 35.9 Å². The molecule has 5 unspecified atom stereocenters. The summed E-state index contributed by atoms with van der Waals surface area (Å²) in [5.74, 6) is -0.221. The van der Waals surface area contributed by atoms with Crippen LogP contribution in [0.25, 0.3) is 0 Å². The molecule has 0 aromatic heterocycles. The second-order valence-electron chi connectivity index (χ2n) is 13.6. The number of methoxy groups -OCH3 is 1. The lowest BCUT2D eigenvalue weighted by Gasteiger charge is -2.51. The molecule has 1 aliphatic rings. The smallest absolute Gasteiger partial charge is 0.306 e. The molecule has 6 nitrogen and oxygen atoms in total. The molecule has 8 heteroatoms. The first-order valence-corrected chi connectivity index (χ1v) is 19.4. The molecule has 37 heavy (non-hydrogen) atoms. The van der Waals surface area contributed by atoms with Crippen LogP contribution < -0.4 is 0 Å². The summed E-state index contributed by atoms with van der Waals surface area (Å²) in [5, 5.41) is -0.0534. The highest BCUT2D eigenvalue weighted by Gasteiger charge is 2.54. The standard InChI is InChI=1S/C29H52O6Si2/c1-20(22-17-15-14-16-18-22)19-23(30)33-24-21(2)32-27(31-9)26(35-37(12,13)29(6,7)8)25(24)34-36(10,11)28(3,4)5/h14-18,20-21,24-27H,19H2,1-13H3/t20-,21?,24?,25?,26?,27?/m0/s1. The molecular weight excluding hydrogens is 500 g/mol. The van der Waals surface area contributed by atoms with Gasteiger partial charge in [0.15, 0.2) is 29.0 Å². The van der Waals surface area contributed by atoms with Gasteiger partial charge in [0.05, 0.1) is 12.5 Å². The normalized spacial score (nSPS) is 26.6. The van der Waals surface area contributed by atoms with Crippen LogP contribution in [0.2, 0.25) is 36.3 Å². The van der Waals surface area contributed by atoms with E-state index >= 15 is 0 Å². The number of carbonyl (C=O) groups excluding carboxylic acids is 1. The lowest BCUT2D eigenvalue weighted by molar-refractivity contribution is -0.282.